The number of ketones is 2. The van der Waals surface area contributed by atoms with Crippen LogP contribution >= 0.6 is 15.9 Å². The number of anilines is 1. The summed E-state index contributed by atoms with van der Waals surface area (Å²) in [6.45, 7) is 3.79. The minimum absolute atomic E-state index is 0.0243. The van der Waals surface area contributed by atoms with Gasteiger partial charge in [-0.3, -0.25) is 24.1 Å². The number of allylic oxidation sites excluding steroid dienone is 7. The van der Waals surface area contributed by atoms with Crippen molar-refractivity contribution in [3.8, 4) is 17.2 Å². The molecule has 2 amide bonds. The number of Topliss-reactive ketones (excluding diaryl/α,β-unsaturated/α-hetero) is 1. The van der Waals surface area contributed by atoms with Gasteiger partial charge in [0.1, 0.15) is 11.3 Å². The first-order chi connectivity index (χ1) is 22.8. The molecule has 1 aromatic heterocycles. The number of para-hydroxylation sites is 3. The predicted molar refractivity (Wildman–Crippen MR) is 179 cm³/mol. The summed E-state index contributed by atoms with van der Waals surface area (Å²) in [5.74, 6) is -3.44. The molecule has 8 nitrogen and oxygen atoms in total. The average molecular weight is 688 g/mol. The van der Waals surface area contributed by atoms with Crippen molar-refractivity contribution in [1.82, 2.24) is 4.98 Å². The lowest BCUT2D eigenvalue weighted by Crippen LogP contribution is -2.39. The maximum atomic E-state index is 14.3. The molecule has 4 atom stereocenters. The molecular formula is C38H27BrN2O6. The standard InChI is InChI=1S/C38H27BrN2O6/c1-2-6-19-7-5-8-23(34(19)43)31-22-15-16-24-32(25(22)17-26-33(31)29(42)18-27(39)35(26)44)38(46)41(37(24)45)21-13-11-20(12-14-21)36-40-28-9-3-4-10-30(28)47-36/h2-5,7-15,18,24-25,31-32,43H,1,6,16-17H2/t24-,25+,31+,32-/m0/s1. The summed E-state index contributed by atoms with van der Waals surface area (Å²) in [6.07, 6.45) is 5.76. The lowest BCUT2D eigenvalue weighted by Gasteiger charge is -2.42. The Hall–Kier alpha value is -5.15. The molecule has 0 spiro atoms. The molecule has 0 unspecified atom stereocenters. The van der Waals surface area contributed by atoms with Crippen LogP contribution in [0.5, 0.6) is 5.75 Å². The molecule has 1 saturated heterocycles. The molecule has 47 heavy (non-hydrogen) atoms. The second-order valence-corrected chi connectivity index (χ2v) is 13.1. The third kappa shape index (κ3) is 4.44. The van der Waals surface area contributed by atoms with Crippen molar-refractivity contribution in [3.63, 3.8) is 0 Å². The van der Waals surface area contributed by atoms with E-state index in [1.54, 1.807) is 48.5 Å². The fraction of sp³-hybridized carbons (Fsp3) is 0.184. The number of hydrogen-bond donors (Lipinski definition) is 1. The van der Waals surface area contributed by atoms with Gasteiger partial charge < -0.3 is 9.52 Å². The van der Waals surface area contributed by atoms with Crippen LogP contribution in [0.1, 0.15) is 29.9 Å². The number of imide groups is 1. The maximum Gasteiger partial charge on any atom is 0.238 e. The van der Waals surface area contributed by atoms with Gasteiger partial charge in [0.2, 0.25) is 17.7 Å². The SMILES string of the molecule is C=CCc1cccc([C@H]2C3=CC[C@@H]4C(=O)N(c5ccc(-c6nc7ccccc7o6)cc5)C(=O)[C@@H]4[C@@H]3CC3=C2C(=O)C=C(Br)C3=O)c1O. The fourth-order valence-electron chi connectivity index (χ4n) is 7.73. The molecule has 8 rings (SSSR count). The minimum atomic E-state index is -0.740. The highest BCUT2D eigenvalue weighted by molar-refractivity contribution is 9.12. The van der Waals surface area contributed by atoms with Gasteiger partial charge in [-0.05, 0) is 83.1 Å². The molecule has 1 N–H and O–H groups in total. The molecular weight excluding hydrogens is 660 g/mol. The highest BCUT2D eigenvalue weighted by Gasteiger charge is 2.57. The Morgan fingerprint density at radius 1 is 0.979 bits per heavy atom. The van der Waals surface area contributed by atoms with Crippen molar-refractivity contribution in [3.05, 3.63) is 124 Å². The Labute approximate surface area is 277 Å². The number of hydrogen-bond acceptors (Lipinski definition) is 7. The second-order valence-electron chi connectivity index (χ2n) is 12.3. The molecule has 1 aliphatic heterocycles. The van der Waals surface area contributed by atoms with Crippen LogP contribution in [0, 0.1) is 17.8 Å². The van der Waals surface area contributed by atoms with E-state index in [9.17, 15) is 24.3 Å². The molecule has 0 saturated carbocycles. The monoisotopic (exact) mass is 686 g/mol. The van der Waals surface area contributed by atoms with E-state index in [1.807, 2.05) is 30.3 Å². The second kappa shape index (κ2) is 11.0. The molecule has 0 radical (unpaired) electrons. The van der Waals surface area contributed by atoms with Crippen LogP contribution < -0.4 is 4.90 Å². The zero-order chi connectivity index (χ0) is 32.6. The number of oxazole rings is 1. The van der Waals surface area contributed by atoms with Gasteiger partial charge in [0.05, 0.1) is 22.0 Å². The highest BCUT2D eigenvalue weighted by Crippen LogP contribution is 2.56. The van der Waals surface area contributed by atoms with Crippen molar-refractivity contribution in [2.24, 2.45) is 17.8 Å². The summed E-state index contributed by atoms with van der Waals surface area (Å²) in [5.41, 5.74) is 5.07. The number of aromatic nitrogens is 1. The van der Waals surface area contributed by atoms with E-state index in [0.29, 0.717) is 57.8 Å². The van der Waals surface area contributed by atoms with Crippen LogP contribution in [0.2, 0.25) is 0 Å². The Kier molecular flexibility index (Phi) is 6.84. The zero-order valence-corrected chi connectivity index (χ0v) is 26.6. The first-order valence-corrected chi connectivity index (χ1v) is 16.2. The first-order valence-electron chi connectivity index (χ1n) is 15.4. The molecule has 4 aliphatic rings. The number of carbonyl (C=O) groups is 4. The predicted octanol–water partition coefficient (Wildman–Crippen LogP) is 6.90. The highest BCUT2D eigenvalue weighted by atomic mass is 79.9. The summed E-state index contributed by atoms with van der Waals surface area (Å²) >= 11 is 3.26. The van der Waals surface area contributed by atoms with Crippen molar-refractivity contribution >= 4 is 56.1 Å². The number of fused-ring (bicyclic) bond motifs is 4. The summed E-state index contributed by atoms with van der Waals surface area (Å²) in [4.78, 5) is 61.1. The van der Waals surface area contributed by atoms with E-state index in [2.05, 4.69) is 27.5 Å². The Bertz CT molecular complexity index is 2140. The summed E-state index contributed by atoms with van der Waals surface area (Å²) in [5, 5.41) is 11.4. The maximum absolute atomic E-state index is 14.3. The molecule has 9 heteroatoms. The van der Waals surface area contributed by atoms with Gasteiger partial charge >= 0.3 is 0 Å². The number of phenols is 1. The van der Waals surface area contributed by atoms with Gasteiger partial charge in [-0.25, -0.2) is 4.98 Å². The van der Waals surface area contributed by atoms with E-state index >= 15 is 0 Å². The first kappa shape index (κ1) is 29.3. The zero-order valence-electron chi connectivity index (χ0n) is 25.0. The van der Waals surface area contributed by atoms with Gasteiger partial charge in [0.25, 0.3) is 0 Å². The Morgan fingerprint density at radius 2 is 1.77 bits per heavy atom. The van der Waals surface area contributed by atoms with Crippen molar-refractivity contribution in [2.45, 2.75) is 25.2 Å². The van der Waals surface area contributed by atoms with Crippen LogP contribution in [0.4, 0.5) is 5.69 Å². The van der Waals surface area contributed by atoms with Crippen molar-refractivity contribution in [1.29, 1.82) is 0 Å². The molecule has 2 heterocycles. The molecule has 3 aromatic carbocycles. The Balaban J connectivity index is 1.18. The molecule has 4 aromatic rings. The molecule has 1 fully saturated rings. The lowest BCUT2D eigenvalue weighted by molar-refractivity contribution is -0.123. The van der Waals surface area contributed by atoms with Crippen LogP contribution in [-0.4, -0.2) is 33.5 Å². The lowest BCUT2D eigenvalue weighted by atomic mass is 9.59. The number of amides is 2. The van der Waals surface area contributed by atoms with Crippen LogP contribution in [0.15, 0.2) is 117 Å². The fourth-order valence-corrected chi connectivity index (χ4v) is 8.18. The van der Waals surface area contributed by atoms with Crippen LogP contribution in [0.25, 0.3) is 22.6 Å². The molecule has 232 valence electrons. The Morgan fingerprint density at radius 3 is 2.53 bits per heavy atom. The number of carbonyl (C=O) groups excluding carboxylic acids is 4. The van der Waals surface area contributed by atoms with Gasteiger partial charge in [0.15, 0.2) is 17.1 Å². The van der Waals surface area contributed by atoms with E-state index in [4.69, 9.17) is 4.42 Å². The number of nitrogens with zero attached hydrogens (tertiary/aromatic N) is 2. The van der Waals surface area contributed by atoms with Crippen LogP contribution in [-0.2, 0) is 25.6 Å². The van der Waals surface area contributed by atoms with Gasteiger partial charge in [-0.2, -0.15) is 0 Å². The quantitative estimate of drug-likeness (QED) is 0.138. The van der Waals surface area contributed by atoms with E-state index < -0.39 is 23.7 Å². The molecule has 0 bridgehead atoms. The van der Waals surface area contributed by atoms with Crippen molar-refractivity contribution in [2.75, 3.05) is 4.90 Å². The molecule has 3 aliphatic carbocycles. The summed E-state index contributed by atoms with van der Waals surface area (Å²) < 4.78 is 6.04. The van der Waals surface area contributed by atoms with E-state index in [0.717, 1.165) is 11.1 Å². The van der Waals surface area contributed by atoms with Gasteiger partial charge in [-0.15, -0.1) is 6.58 Å². The van der Waals surface area contributed by atoms with E-state index in [1.165, 1.54) is 11.0 Å². The normalized spacial score (nSPS) is 23.8. The number of phenolic OH excluding ortho intramolecular Hbond substituents is 1. The number of aromatic hydroxyl groups is 1. The third-order valence-corrected chi connectivity index (χ3v) is 10.4. The van der Waals surface area contributed by atoms with Gasteiger partial charge in [0, 0.05) is 34.3 Å². The summed E-state index contributed by atoms with van der Waals surface area (Å²) in [6, 6.07) is 19.8. The van der Waals surface area contributed by atoms with Crippen molar-refractivity contribution < 1.29 is 28.7 Å². The summed E-state index contributed by atoms with van der Waals surface area (Å²) in [7, 11) is 0. The largest absolute Gasteiger partial charge is 0.507 e. The van der Waals surface area contributed by atoms with Gasteiger partial charge in [-0.1, -0.05) is 48.1 Å². The smallest absolute Gasteiger partial charge is 0.238 e. The number of benzene rings is 3. The van der Waals surface area contributed by atoms with E-state index in [-0.39, 0.29) is 40.0 Å². The van der Waals surface area contributed by atoms with Crippen LogP contribution in [0.3, 0.4) is 0 Å². The number of halogens is 1. The topological polar surface area (TPSA) is 118 Å². The third-order valence-electron chi connectivity index (χ3n) is 9.82. The minimum Gasteiger partial charge on any atom is -0.507 e. The number of rotatable bonds is 5. The average Bonchev–Trinajstić information content (AvgIpc) is 3.62.